The number of pyridine rings is 1. The fourth-order valence-corrected chi connectivity index (χ4v) is 3.51. The van der Waals surface area contributed by atoms with Gasteiger partial charge in [0.15, 0.2) is 0 Å². The molecule has 0 saturated heterocycles. The van der Waals surface area contributed by atoms with Gasteiger partial charge >= 0.3 is 6.36 Å². The van der Waals surface area contributed by atoms with Crippen molar-refractivity contribution in [1.82, 2.24) is 19.9 Å². The van der Waals surface area contributed by atoms with Crippen LogP contribution in [0.15, 0.2) is 47.4 Å². The second-order valence-electron chi connectivity index (χ2n) is 7.16. The molecular weight excluding hydrogens is 397 g/mol. The largest absolute Gasteiger partial charge is 0.573 e. The summed E-state index contributed by atoms with van der Waals surface area (Å²) >= 11 is 0. The number of hydrogen-bond donors (Lipinski definition) is 1. The van der Waals surface area contributed by atoms with Gasteiger partial charge in [-0.1, -0.05) is 6.07 Å². The summed E-state index contributed by atoms with van der Waals surface area (Å²) < 4.78 is 40.7. The first kappa shape index (κ1) is 20.1. The highest BCUT2D eigenvalue weighted by Gasteiger charge is 2.31. The minimum atomic E-state index is -4.71. The standard InChI is InChI=1S/C21H19F3N4O2/c1-13-26-19-8-9-28(12-17(19)20(29)27-13)11-14-2-7-18(25-10-14)15-3-5-16(6-4-15)30-21(22,23)24/h2-7,10H,8-9,11-12H2,1H3,(H,26,27,29). The van der Waals surface area contributed by atoms with Gasteiger partial charge in [-0.3, -0.25) is 14.7 Å². The van der Waals surface area contributed by atoms with Crippen molar-refractivity contribution in [2.75, 3.05) is 6.54 Å². The summed E-state index contributed by atoms with van der Waals surface area (Å²) in [6.07, 6.45) is -2.25. The molecule has 0 spiro atoms. The van der Waals surface area contributed by atoms with Crippen molar-refractivity contribution in [2.45, 2.75) is 32.8 Å². The zero-order valence-corrected chi connectivity index (χ0v) is 16.2. The fraction of sp³-hybridized carbons (Fsp3) is 0.286. The van der Waals surface area contributed by atoms with Crippen molar-refractivity contribution in [1.29, 1.82) is 0 Å². The number of hydrogen-bond acceptors (Lipinski definition) is 5. The molecule has 0 saturated carbocycles. The van der Waals surface area contributed by atoms with E-state index in [0.29, 0.717) is 35.7 Å². The van der Waals surface area contributed by atoms with Gasteiger partial charge in [0, 0.05) is 37.8 Å². The van der Waals surface area contributed by atoms with Crippen molar-refractivity contribution in [3.05, 3.63) is 75.6 Å². The molecule has 1 N–H and O–H groups in total. The number of ether oxygens (including phenoxy) is 1. The van der Waals surface area contributed by atoms with Crippen molar-refractivity contribution < 1.29 is 17.9 Å². The van der Waals surface area contributed by atoms with Crippen LogP contribution in [0.5, 0.6) is 5.75 Å². The topological polar surface area (TPSA) is 71.1 Å². The maximum absolute atomic E-state index is 12.3. The Hall–Kier alpha value is -3.20. The van der Waals surface area contributed by atoms with Crippen LogP contribution in [0.2, 0.25) is 0 Å². The molecule has 0 atom stereocenters. The molecule has 3 aromatic rings. The smallest absolute Gasteiger partial charge is 0.406 e. The Morgan fingerprint density at radius 2 is 1.93 bits per heavy atom. The van der Waals surface area contributed by atoms with Crippen LogP contribution in [0.3, 0.4) is 0 Å². The molecule has 0 fully saturated rings. The summed E-state index contributed by atoms with van der Waals surface area (Å²) in [5, 5.41) is 0. The quantitative estimate of drug-likeness (QED) is 0.704. The van der Waals surface area contributed by atoms with Crippen LogP contribution < -0.4 is 10.3 Å². The zero-order chi connectivity index (χ0) is 21.3. The van der Waals surface area contributed by atoms with E-state index in [-0.39, 0.29) is 11.3 Å². The molecule has 3 heterocycles. The van der Waals surface area contributed by atoms with E-state index >= 15 is 0 Å². The number of aromatic amines is 1. The molecule has 0 radical (unpaired) electrons. The van der Waals surface area contributed by atoms with Gasteiger partial charge < -0.3 is 9.72 Å². The van der Waals surface area contributed by atoms with E-state index in [1.165, 1.54) is 24.3 Å². The number of benzene rings is 1. The Morgan fingerprint density at radius 1 is 1.17 bits per heavy atom. The highest BCUT2D eigenvalue weighted by molar-refractivity contribution is 5.60. The Bertz CT molecular complexity index is 1090. The normalized spacial score (nSPS) is 14.4. The molecule has 30 heavy (non-hydrogen) atoms. The van der Waals surface area contributed by atoms with Crippen molar-refractivity contribution >= 4 is 0 Å². The van der Waals surface area contributed by atoms with E-state index in [4.69, 9.17) is 0 Å². The number of aryl methyl sites for hydroxylation is 1. The molecule has 4 rings (SSSR count). The third kappa shape index (κ3) is 4.68. The number of alkyl halides is 3. The molecule has 1 aliphatic rings. The SMILES string of the molecule is Cc1nc2c(c(=O)[nH]1)CN(Cc1ccc(-c3ccc(OC(F)(F)F)cc3)nc1)CC2. The number of aromatic nitrogens is 3. The minimum absolute atomic E-state index is 0.0892. The number of H-pyrrole nitrogens is 1. The zero-order valence-electron chi connectivity index (χ0n) is 16.2. The molecule has 156 valence electrons. The molecule has 9 heteroatoms. The molecule has 2 aromatic heterocycles. The maximum atomic E-state index is 12.3. The van der Waals surface area contributed by atoms with Crippen LogP contribution >= 0.6 is 0 Å². The fourth-order valence-electron chi connectivity index (χ4n) is 3.51. The van der Waals surface area contributed by atoms with Crippen molar-refractivity contribution in [3.8, 4) is 17.0 Å². The molecular formula is C21H19F3N4O2. The van der Waals surface area contributed by atoms with Crippen LogP contribution in [0.4, 0.5) is 13.2 Å². The van der Waals surface area contributed by atoms with Gasteiger partial charge in [-0.05, 0) is 42.8 Å². The lowest BCUT2D eigenvalue weighted by molar-refractivity contribution is -0.274. The van der Waals surface area contributed by atoms with Crippen LogP contribution in [0.25, 0.3) is 11.3 Å². The van der Waals surface area contributed by atoms with Crippen LogP contribution in [-0.2, 0) is 19.5 Å². The molecule has 0 aliphatic carbocycles. The van der Waals surface area contributed by atoms with Gasteiger partial charge in [0.25, 0.3) is 5.56 Å². The summed E-state index contributed by atoms with van der Waals surface area (Å²) in [4.78, 5) is 25.9. The summed E-state index contributed by atoms with van der Waals surface area (Å²) in [6, 6.07) is 9.34. The first-order valence-electron chi connectivity index (χ1n) is 9.39. The second kappa shape index (κ2) is 7.91. The Labute approximate surface area is 170 Å². The first-order chi connectivity index (χ1) is 14.3. The molecule has 6 nitrogen and oxygen atoms in total. The van der Waals surface area contributed by atoms with E-state index < -0.39 is 6.36 Å². The Kier molecular flexibility index (Phi) is 5.29. The summed E-state index contributed by atoms with van der Waals surface area (Å²) in [5.41, 5.74) is 3.80. The number of nitrogens with one attached hydrogen (secondary N) is 1. The lowest BCUT2D eigenvalue weighted by atomic mass is 10.1. The summed E-state index contributed by atoms with van der Waals surface area (Å²) in [5.74, 6) is 0.359. The van der Waals surface area contributed by atoms with Crippen LogP contribution in [0.1, 0.15) is 22.6 Å². The van der Waals surface area contributed by atoms with E-state index in [2.05, 4.69) is 24.6 Å². The maximum Gasteiger partial charge on any atom is 0.573 e. The summed E-state index contributed by atoms with van der Waals surface area (Å²) in [6.45, 7) is 3.74. The van der Waals surface area contributed by atoms with E-state index in [1.54, 1.807) is 13.1 Å². The van der Waals surface area contributed by atoms with Crippen LogP contribution in [0, 0.1) is 6.92 Å². The molecule has 1 aromatic carbocycles. The highest BCUT2D eigenvalue weighted by Crippen LogP contribution is 2.26. The van der Waals surface area contributed by atoms with Crippen molar-refractivity contribution in [2.24, 2.45) is 0 Å². The van der Waals surface area contributed by atoms with Gasteiger partial charge in [-0.2, -0.15) is 0 Å². The number of fused-ring (bicyclic) bond motifs is 1. The van der Waals surface area contributed by atoms with Gasteiger partial charge in [-0.25, -0.2) is 4.98 Å². The average molecular weight is 416 g/mol. The third-order valence-electron chi connectivity index (χ3n) is 4.88. The Balaban J connectivity index is 1.42. The molecule has 0 amide bonds. The van der Waals surface area contributed by atoms with E-state index in [1.807, 2.05) is 12.1 Å². The lowest BCUT2D eigenvalue weighted by Crippen LogP contribution is -2.35. The van der Waals surface area contributed by atoms with E-state index in [0.717, 1.165) is 24.2 Å². The van der Waals surface area contributed by atoms with Gasteiger partial charge in [0.05, 0.1) is 17.0 Å². The Morgan fingerprint density at radius 3 is 2.60 bits per heavy atom. The van der Waals surface area contributed by atoms with Gasteiger partial charge in [-0.15, -0.1) is 13.2 Å². The monoisotopic (exact) mass is 416 g/mol. The van der Waals surface area contributed by atoms with Gasteiger partial charge in [0.2, 0.25) is 0 Å². The average Bonchev–Trinajstić information content (AvgIpc) is 2.68. The molecule has 0 unspecified atom stereocenters. The molecule has 1 aliphatic heterocycles. The van der Waals surface area contributed by atoms with Crippen molar-refractivity contribution in [3.63, 3.8) is 0 Å². The molecule has 0 bridgehead atoms. The predicted molar refractivity (Wildman–Crippen MR) is 104 cm³/mol. The highest BCUT2D eigenvalue weighted by atomic mass is 19.4. The first-order valence-corrected chi connectivity index (χ1v) is 9.39. The minimum Gasteiger partial charge on any atom is -0.406 e. The number of rotatable bonds is 4. The van der Waals surface area contributed by atoms with E-state index in [9.17, 15) is 18.0 Å². The van der Waals surface area contributed by atoms with Crippen LogP contribution in [-0.4, -0.2) is 32.8 Å². The second-order valence-corrected chi connectivity index (χ2v) is 7.16. The number of nitrogens with zero attached hydrogens (tertiary/aromatic N) is 3. The third-order valence-corrected chi connectivity index (χ3v) is 4.88. The lowest BCUT2D eigenvalue weighted by Gasteiger charge is -2.27. The van der Waals surface area contributed by atoms with Gasteiger partial charge in [0.1, 0.15) is 11.6 Å². The summed E-state index contributed by atoms with van der Waals surface area (Å²) in [7, 11) is 0. The predicted octanol–water partition coefficient (Wildman–Crippen LogP) is 3.60. The number of halogens is 3.